The Bertz CT molecular complexity index is 243. The van der Waals surface area contributed by atoms with Crippen molar-refractivity contribution < 1.29 is 4.42 Å². The summed E-state index contributed by atoms with van der Waals surface area (Å²) in [5.41, 5.74) is 0.919. The van der Waals surface area contributed by atoms with Crippen LogP contribution in [0.2, 0.25) is 0 Å². The van der Waals surface area contributed by atoms with Crippen LogP contribution in [0.15, 0.2) is 24.3 Å². The molecular formula is C8H8OP-. The Morgan fingerprint density at radius 2 is 2.10 bits per heavy atom. The summed E-state index contributed by atoms with van der Waals surface area (Å²) in [4.78, 5) is 0. The molecule has 0 aromatic heterocycles. The van der Waals surface area contributed by atoms with Crippen molar-refractivity contribution in [2.24, 2.45) is 0 Å². The summed E-state index contributed by atoms with van der Waals surface area (Å²) in [6, 6.07) is 7.76. The Hall–Kier alpha value is -0.810. The molecule has 0 saturated carbocycles. The van der Waals surface area contributed by atoms with Crippen molar-refractivity contribution in [3.63, 3.8) is 0 Å². The van der Waals surface area contributed by atoms with Gasteiger partial charge in [0.1, 0.15) is 0 Å². The van der Waals surface area contributed by atoms with Gasteiger partial charge in [0.05, 0.1) is 0 Å². The first kappa shape index (κ1) is 7.30. The lowest BCUT2D eigenvalue weighted by Gasteiger charge is -2.01. The SMILES string of the molecule is [CH2-][O+]=[C-]c1ccccc1P. The molecule has 10 heavy (non-hydrogen) atoms. The molecule has 1 atom stereocenters. The maximum Gasteiger partial charge on any atom is -0.0324 e. The molecule has 1 unspecified atom stereocenters. The zero-order valence-corrected chi connectivity index (χ0v) is 6.66. The van der Waals surface area contributed by atoms with E-state index in [9.17, 15) is 0 Å². The van der Waals surface area contributed by atoms with E-state index in [1.165, 1.54) is 0 Å². The maximum absolute atomic E-state index is 4.50. The summed E-state index contributed by atoms with van der Waals surface area (Å²) in [6.45, 7) is 0. The van der Waals surface area contributed by atoms with Crippen LogP contribution in [0.5, 0.6) is 0 Å². The minimum Gasteiger partial charge on any atom is -0.582 e. The summed E-state index contributed by atoms with van der Waals surface area (Å²) in [6.07, 6.45) is 2.64. The topological polar surface area (TPSA) is 11.3 Å². The monoisotopic (exact) mass is 151 g/mol. The quantitative estimate of drug-likeness (QED) is 0.322. The van der Waals surface area contributed by atoms with E-state index in [4.69, 9.17) is 0 Å². The van der Waals surface area contributed by atoms with Gasteiger partial charge in [-0.1, -0.05) is 29.6 Å². The average Bonchev–Trinajstić information content (AvgIpc) is 1.94. The highest BCUT2D eigenvalue weighted by Gasteiger charge is 1.83. The van der Waals surface area contributed by atoms with E-state index in [2.05, 4.69) is 27.1 Å². The minimum absolute atomic E-state index is 0.919. The molecule has 0 aliphatic rings. The largest absolute Gasteiger partial charge is 0.582 e. The van der Waals surface area contributed by atoms with Gasteiger partial charge in [-0.05, 0) is 13.4 Å². The van der Waals surface area contributed by atoms with Gasteiger partial charge in [0.25, 0.3) is 0 Å². The lowest BCUT2D eigenvalue weighted by molar-refractivity contribution is 0.240. The summed E-state index contributed by atoms with van der Waals surface area (Å²) in [7, 11) is 5.79. The molecule has 52 valence electrons. The van der Waals surface area contributed by atoms with Gasteiger partial charge in [-0.15, -0.1) is 14.8 Å². The van der Waals surface area contributed by atoms with Crippen molar-refractivity contribution in [1.29, 1.82) is 0 Å². The third kappa shape index (κ3) is 1.58. The molecule has 0 amide bonds. The standard InChI is InChI=1S/C8H8OP/c1-9-6-7-4-2-3-5-8(7)10/h2-5H,1,10H2/q-1. The first-order valence-corrected chi connectivity index (χ1v) is 3.44. The van der Waals surface area contributed by atoms with Gasteiger partial charge < -0.3 is 4.42 Å². The van der Waals surface area contributed by atoms with Crippen LogP contribution in [0.4, 0.5) is 0 Å². The van der Waals surface area contributed by atoms with E-state index in [1.807, 2.05) is 24.3 Å². The predicted octanol–water partition coefficient (Wildman–Crippen LogP) is 0.972. The molecule has 1 aromatic rings. The molecule has 0 N–H and O–H groups in total. The van der Waals surface area contributed by atoms with Crippen molar-refractivity contribution in [3.8, 4) is 0 Å². The van der Waals surface area contributed by atoms with Crippen LogP contribution in [0.25, 0.3) is 0 Å². The first-order valence-electron chi connectivity index (χ1n) is 2.86. The lowest BCUT2D eigenvalue weighted by atomic mass is 10.2. The molecule has 2 heteroatoms. The molecule has 0 heterocycles. The Morgan fingerprint density at radius 3 is 2.70 bits per heavy atom. The molecule has 1 rings (SSSR count). The highest BCUT2D eigenvalue weighted by Crippen LogP contribution is 1.95. The van der Waals surface area contributed by atoms with E-state index < -0.39 is 0 Å². The Labute approximate surface area is 63.0 Å². The Balaban J connectivity index is 3.03. The molecule has 0 fully saturated rings. The molecule has 1 nitrogen and oxygen atoms in total. The zero-order chi connectivity index (χ0) is 7.40. The molecule has 0 bridgehead atoms. The molecule has 1 aromatic carbocycles. The van der Waals surface area contributed by atoms with Crippen molar-refractivity contribution in [1.82, 2.24) is 0 Å². The fourth-order valence-electron chi connectivity index (χ4n) is 0.668. The van der Waals surface area contributed by atoms with E-state index in [0.717, 1.165) is 10.9 Å². The second kappa shape index (κ2) is 3.38. The number of hydrogen-bond donors (Lipinski definition) is 0. The second-order valence-electron chi connectivity index (χ2n) is 1.83. The summed E-state index contributed by atoms with van der Waals surface area (Å²) < 4.78 is 4.50. The number of benzene rings is 1. The third-order valence-corrected chi connectivity index (χ3v) is 1.65. The van der Waals surface area contributed by atoms with Gasteiger partial charge >= 0.3 is 0 Å². The van der Waals surface area contributed by atoms with Crippen LogP contribution in [-0.2, 0) is 4.42 Å². The van der Waals surface area contributed by atoms with Crippen LogP contribution in [0.3, 0.4) is 0 Å². The van der Waals surface area contributed by atoms with Crippen molar-refractivity contribution in [3.05, 3.63) is 36.9 Å². The van der Waals surface area contributed by atoms with Crippen molar-refractivity contribution in [2.45, 2.75) is 0 Å². The lowest BCUT2D eigenvalue weighted by Crippen LogP contribution is -1.98. The highest BCUT2D eigenvalue weighted by molar-refractivity contribution is 7.27. The fraction of sp³-hybridized carbons (Fsp3) is 0. The molecular weight excluding hydrogens is 143 g/mol. The van der Waals surface area contributed by atoms with Crippen LogP contribution in [0.1, 0.15) is 5.56 Å². The molecule has 0 spiro atoms. The van der Waals surface area contributed by atoms with Crippen LogP contribution in [-0.4, -0.2) is 6.29 Å². The average molecular weight is 151 g/mol. The predicted molar refractivity (Wildman–Crippen MR) is 45.9 cm³/mol. The third-order valence-electron chi connectivity index (χ3n) is 1.14. The molecule has 0 aliphatic heterocycles. The summed E-state index contributed by atoms with van der Waals surface area (Å²) in [5, 5.41) is 1.06. The normalized spacial score (nSPS) is 10.5. The summed E-state index contributed by atoms with van der Waals surface area (Å²) in [5.74, 6) is 0. The second-order valence-corrected chi connectivity index (χ2v) is 2.46. The van der Waals surface area contributed by atoms with E-state index in [0.29, 0.717) is 0 Å². The van der Waals surface area contributed by atoms with Crippen LogP contribution < -0.4 is 5.30 Å². The Kier molecular flexibility index (Phi) is 2.47. The van der Waals surface area contributed by atoms with Crippen LogP contribution in [0, 0.1) is 7.11 Å². The smallest absolute Gasteiger partial charge is 0.0324 e. The molecule has 0 radical (unpaired) electrons. The summed E-state index contributed by atoms with van der Waals surface area (Å²) >= 11 is 0. The molecule has 0 aliphatic carbocycles. The van der Waals surface area contributed by atoms with Gasteiger partial charge in [-0.3, -0.25) is 0 Å². The van der Waals surface area contributed by atoms with Crippen molar-refractivity contribution >= 4 is 20.8 Å². The Morgan fingerprint density at radius 1 is 1.40 bits per heavy atom. The molecule has 0 saturated heterocycles. The van der Waals surface area contributed by atoms with Gasteiger partial charge in [-0.25, -0.2) is 0 Å². The van der Waals surface area contributed by atoms with E-state index in [1.54, 1.807) is 0 Å². The minimum atomic E-state index is 0.919. The van der Waals surface area contributed by atoms with Crippen molar-refractivity contribution in [2.75, 3.05) is 0 Å². The van der Waals surface area contributed by atoms with E-state index in [-0.39, 0.29) is 0 Å². The first-order chi connectivity index (χ1) is 4.84. The van der Waals surface area contributed by atoms with E-state index >= 15 is 0 Å². The number of carbonyl (C=O) groups excluding carboxylic acids is 1. The maximum atomic E-state index is 4.50. The van der Waals surface area contributed by atoms with Crippen LogP contribution >= 0.6 is 9.24 Å². The number of hydrogen-bond acceptors (Lipinski definition) is 0. The van der Waals surface area contributed by atoms with Gasteiger partial charge in [0, 0.05) is 0 Å². The van der Waals surface area contributed by atoms with Gasteiger partial charge in [-0.2, -0.15) is 0 Å². The fourth-order valence-corrected chi connectivity index (χ4v) is 0.934. The number of rotatable bonds is 1. The van der Waals surface area contributed by atoms with Gasteiger partial charge in [0.2, 0.25) is 0 Å². The highest BCUT2D eigenvalue weighted by atomic mass is 31.0. The van der Waals surface area contributed by atoms with Gasteiger partial charge in [0.15, 0.2) is 0 Å². The zero-order valence-electron chi connectivity index (χ0n) is 5.50.